The van der Waals surface area contributed by atoms with Gasteiger partial charge in [0.05, 0.1) is 9.82 Å². The largest absolute Gasteiger partial charge is 0.324 e. The molecule has 0 saturated heterocycles. The van der Waals surface area contributed by atoms with Gasteiger partial charge in [0.2, 0.25) is 0 Å². The van der Waals surface area contributed by atoms with Crippen molar-refractivity contribution in [3.05, 3.63) is 64.2 Å². The van der Waals surface area contributed by atoms with Gasteiger partial charge < -0.3 is 5.73 Å². The summed E-state index contributed by atoms with van der Waals surface area (Å²) in [4.78, 5) is 9.94. The average molecular weight is 321 g/mol. The molecule has 8 heteroatoms. The van der Waals surface area contributed by atoms with Crippen LogP contribution in [0.1, 0.15) is 18.5 Å². The molecule has 116 valence electrons. The number of non-ortho nitro benzene ring substituents is 1. The van der Waals surface area contributed by atoms with Crippen molar-refractivity contribution in [2.75, 3.05) is 4.72 Å². The average Bonchev–Trinajstić information content (AvgIpc) is 2.47. The summed E-state index contributed by atoms with van der Waals surface area (Å²) in [5.74, 6) is 0. The van der Waals surface area contributed by atoms with E-state index in [9.17, 15) is 18.5 Å². The van der Waals surface area contributed by atoms with Crippen LogP contribution in [0, 0.1) is 10.1 Å². The molecular formula is C14H15N3O4S. The first-order valence-corrected chi connectivity index (χ1v) is 7.91. The van der Waals surface area contributed by atoms with E-state index in [0.717, 1.165) is 17.7 Å². The summed E-state index contributed by atoms with van der Waals surface area (Å²) in [7, 11) is -3.79. The molecule has 3 N–H and O–H groups in total. The fourth-order valence-corrected chi connectivity index (χ4v) is 2.87. The Kier molecular flexibility index (Phi) is 4.43. The summed E-state index contributed by atoms with van der Waals surface area (Å²) in [6.07, 6.45) is 0. The van der Waals surface area contributed by atoms with E-state index in [0.29, 0.717) is 5.69 Å². The third-order valence-electron chi connectivity index (χ3n) is 3.05. The van der Waals surface area contributed by atoms with Crippen LogP contribution in [0.5, 0.6) is 0 Å². The molecule has 0 radical (unpaired) electrons. The van der Waals surface area contributed by atoms with E-state index in [1.807, 2.05) is 6.92 Å². The summed E-state index contributed by atoms with van der Waals surface area (Å²) in [5.41, 5.74) is 6.84. The molecule has 0 unspecified atom stereocenters. The van der Waals surface area contributed by atoms with Crippen LogP contribution in [0.2, 0.25) is 0 Å². The second kappa shape index (κ2) is 6.12. The zero-order valence-corrected chi connectivity index (χ0v) is 12.6. The van der Waals surface area contributed by atoms with E-state index in [4.69, 9.17) is 5.73 Å². The Bertz CT molecular complexity index is 769. The molecule has 1 atom stereocenters. The molecule has 2 rings (SSSR count). The summed E-state index contributed by atoms with van der Waals surface area (Å²) >= 11 is 0. The molecule has 22 heavy (non-hydrogen) atoms. The van der Waals surface area contributed by atoms with Crippen molar-refractivity contribution in [2.24, 2.45) is 5.73 Å². The first-order chi connectivity index (χ1) is 10.3. The van der Waals surface area contributed by atoms with Crippen molar-refractivity contribution in [3.8, 4) is 0 Å². The minimum absolute atomic E-state index is 0.0469. The van der Waals surface area contributed by atoms with Gasteiger partial charge in [-0.05, 0) is 36.8 Å². The molecule has 0 heterocycles. The Balaban J connectivity index is 2.21. The number of nitro groups is 1. The predicted octanol–water partition coefficient (Wildman–Crippen LogP) is 2.42. The lowest BCUT2D eigenvalue weighted by Gasteiger charge is -2.10. The summed E-state index contributed by atoms with van der Waals surface area (Å²) in [5, 5.41) is 10.6. The number of hydrogen-bond donors (Lipinski definition) is 2. The number of rotatable bonds is 5. The highest BCUT2D eigenvalue weighted by Crippen LogP contribution is 2.20. The van der Waals surface area contributed by atoms with Gasteiger partial charge in [-0.25, -0.2) is 8.42 Å². The molecule has 0 aromatic heterocycles. The van der Waals surface area contributed by atoms with Crippen molar-refractivity contribution < 1.29 is 13.3 Å². The van der Waals surface area contributed by atoms with Gasteiger partial charge in [-0.2, -0.15) is 0 Å². The minimum atomic E-state index is -3.79. The molecule has 0 aliphatic carbocycles. The molecule has 0 fully saturated rings. The first kappa shape index (κ1) is 15.9. The summed E-state index contributed by atoms with van der Waals surface area (Å²) in [6, 6.07) is 11.2. The van der Waals surface area contributed by atoms with Gasteiger partial charge in [0.25, 0.3) is 15.7 Å². The van der Waals surface area contributed by atoms with Crippen LogP contribution in [-0.4, -0.2) is 13.3 Å². The monoisotopic (exact) mass is 321 g/mol. The van der Waals surface area contributed by atoms with Crippen LogP contribution in [0.25, 0.3) is 0 Å². The second-order valence-corrected chi connectivity index (χ2v) is 6.45. The highest BCUT2D eigenvalue weighted by atomic mass is 32.2. The number of nitrogens with one attached hydrogen (secondary N) is 1. The van der Waals surface area contributed by atoms with Gasteiger partial charge in [0.1, 0.15) is 0 Å². The van der Waals surface area contributed by atoms with Gasteiger partial charge in [-0.3, -0.25) is 14.8 Å². The standard InChI is InChI=1S/C14H15N3O4S/c1-10(15)11-2-4-12(5-3-11)16-22(20,21)14-8-6-13(7-9-14)17(18)19/h2-10,16H,15H2,1H3/t10-/m1/s1. The Hall–Kier alpha value is -2.45. The zero-order chi connectivity index (χ0) is 16.3. The molecular weight excluding hydrogens is 306 g/mol. The Morgan fingerprint density at radius 2 is 1.64 bits per heavy atom. The molecule has 0 spiro atoms. The maximum Gasteiger partial charge on any atom is 0.269 e. The highest BCUT2D eigenvalue weighted by molar-refractivity contribution is 7.92. The van der Waals surface area contributed by atoms with Crippen LogP contribution in [0.15, 0.2) is 53.4 Å². The Morgan fingerprint density at radius 3 is 2.09 bits per heavy atom. The van der Waals surface area contributed by atoms with E-state index in [-0.39, 0.29) is 16.6 Å². The molecule has 0 amide bonds. The zero-order valence-electron chi connectivity index (χ0n) is 11.8. The van der Waals surface area contributed by atoms with E-state index in [2.05, 4.69) is 4.72 Å². The van der Waals surface area contributed by atoms with Crippen LogP contribution in [0.4, 0.5) is 11.4 Å². The number of nitrogens with zero attached hydrogens (tertiary/aromatic N) is 1. The van der Waals surface area contributed by atoms with E-state index in [1.165, 1.54) is 12.1 Å². The number of nitrogens with two attached hydrogens (primary N) is 1. The van der Waals surface area contributed by atoms with Crippen molar-refractivity contribution in [2.45, 2.75) is 17.9 Å². The predicted molar refractivity (Wildman–Crippen MR) is 82.9 cm³/mol. The Morgan fingerprint density at radius 1 is 1.09 bits per heavy atom. The van der Waals surface area contributed by atoms with Crippen molar-refractivity contribution in [1.82, 2.24) is 0 Å². The van der Waals surface area contributed by atoms with Crippen LogP contribution >= 0.6 is 0 Å². The quantitative estimate of drug-likeness (QED) is 0.648. The maximum absolute atomic E-state index is 12.2. The third kappa shape index (κ3) is 3.60. The number of hydrogen-bond acceptors (Lipinski definition) is 5. The van der Waals surface area contributed by atoms with E-state index in [1.54, 1.807) is 24.3 Å². The third-order valence-corrected chi connectivity index (χ3v) is 4.44. The summed E-state index contributed by atoms with van der Waals surface area (Å²) < 4.78 is 26.8. The van der Waals surface area contributed by atoms with Gasteiger partial charge >= 0.3 is 0 Å². The summed E-state index contributed by atoms with van der Waals surface area (Å²) in [6.45, 7) is 1.83. The van der Waals surface area contributed by atoms with Crippen molar-refractivity contribution >= 4 is 21.4 Å². The second-order valence-electron chi connectivity index (χ2n) is 4.77. The number of benzene rings is 2. The molecule has 0 aliphatic rings. The lowest BCUT2D eigenvalue weighted by atomic mass is 10.1. The highest BCUT2D eigenvalue weighted by Gasteiger charge is 2.16. The molecule has 2 aromatic carbocycles. The van der Waals surface area contributed by atoms with Gasteiger partial charge in [-0.15, -0.1) is 0 Å². The van der Waals surface area contributed by atoms with Crippen LogP contribution in [0.3, 0.4) is 0 Å². The lowest BCUT2D eigenvalue weighted by molar-refractivity contribution is -0.384. The SMILES string of the molecule is C[C@@H](N)c1ccc(NS(=O)(=O)c2ccc([N+](=O)[O-])cc2)cc1. The fraction of sp³-hybridized carbons (Fsp3) is 0.143. The number of anilines is 1. The lowest BCUT2D eigenvalue weighted by Crippen LogP contribution is -2.13. The smallest absolute Gasteiger partial charge is 0.269 e. The molecule has 0 saturated carbocycles. The topological polar surface area (TPSA) is 115 Å². The minimum Gasteiger partial charge on any atom is -0.324 e. The fourth-order valence-electron chi connectivity index (χ4n) is 1.82. The van der Waals surface area contributed by atoms with Crippen molar-refractivity contribution in [1.29, 1.82) is 0 Å². The normalized spacial score (nSPS) is 12.6. The van der Waals surface area contributed by atoms with Gasteiger partial charge in [0, 0.05) is 23.9 Å². The van der Waals surface area contributed by atoms with E-state index >= 15 is 0 Å². The van der Waals surface area contributed by atoms with Gasteiger partial charge in [-0.1, -0.05) is 12.1 Å². The molecule has 0 aliphatic heterocycles. The molecule has 7 nitrogen and oxygen atoms in total. The Labute approximate surface area is 128 Å². The van der Waals surface area contributed by atoms with Crippen LogP contribution in [-0.2, 0) is 10.0 Å². The van der Waals surface area contributed by atoms with Gasteiger partial charge in [0.15, 0.2) is 0 Å². The maximum atomic E-state index is 12.2. The molecule has 0 bridgehead atoms. The first-order valence-electron chi connectivity index (χ1n) is 6.42. The van der Waals surface area contributed by atoms with Crippen molar-refractivity contribution in [3.63, 3.8) is 0 Å². The van der Waals surface area contributed by atoms with E-state index < -0.39 is 14.9 Å². The number of sulfonamides is 1. The molecule has 2 aromatic rings. The van der Waals surface area contributed by atoms with Crippen LogP contribution < -0.4 is 10.5 Å². The number of nitro benzene ring substituents is 1.